The van der Waals surface area contributed by atoms with Crippen molar-refractivity contribution in [3.05, 3.63) is 64.9 Å². The number of hydrogen-bond donors (Lipinski definition) is 0. The van der Waals surface area contributed by atoms with E-state index in [1.54, 1.807) is 47.4 Å². The van der Waals surface area contributed by atoms with Crippen LogP contribution in [-0.2, 0) is 21.1 Å². The van der Waals surface area contributed by atoms with Gasteiger partial charge >= 0.3 is 0 Å². The number of benzene rings is 2. The maximum Gasteiger partial charge on any atom is 0.241 e. The lowest BCUT2D eigenvalue weighted by molar-refractivity contribution is -0.123. The fourth-order valence-electron chi connectivity index (χ4n) is 4.13. The number of carbonyl (C=O) groups excluding carboxylic acids is 1. The average molecular weight is 423 g/mol. The molecule has 2 fully saturated rings. The summed E-state index contributed by atoms with van der Waals surface area (Å²) in [5, 5.41) is 0.490. The van der Waals surface area contributed by atoms with Gasteiger partial charge in [0.1, 0.15) is 5.82 Å². The number of hydrogen-bond acceptors (Lipinski definition) is 4. The van der Waals surface area contributed by atoms with Crippen LogP contribution in [0.5, 0.6) is 0 Å². The fourth-order valence-corrected chi connectivity index (χ4v) is 6.30. The van der Waals surface area contributed by atoms with E-state index in [4.69, 9.17) is 11.6 Å². The maximum atomic E-state index is 13.9. The van der Waals surface area contributed by atoms with Gasteiger partial charge in [-0.1, -0.05) is 35.9 Å². The molecule has 28 heavy (non-hydrogen) atoms. The van der Waals surface area contributed by atoms with Gasteiger partial charge in [-0.15, -0.1) is 0 Å². The predicted molar refractivity (Wildman–Crippen MR) is 107 cm³/mol. The van der Waals surface area contributed by atoms with Gasteiger partial charge < -0.3 is 4.90 Å². The first-order valence-corrected chi connectivity index (χ1v) is 11.3. The highest BCUT2D eigenvalue weighted by atomic mass is 35.5. The summed E-state index contributed by atoms with van der Waals surface area (Å²) in [5.41, 5.74) is 1.17. The Morgan fingerprint density at radius 1 is 1.07 bits per heavy atom. The summed E-state index contributed by atoms with van der Waals surface area (Å²) in [6, 6.07) is 12.6. The number of nitrogens with zero attached hydrogens (tertiary/aromatic N) is 2. The van der Waals surface area contributed by atoms with E-state index < -0.39 is 15.9 Å². The van der Waals surface area contributed by atoms with Crippen LogP contribution in [0.4, 0.5) is 10.1 Å². The number of carbonyl (C=O) groups is 1. The second-order valence-corrected chi connectivity index (χ2v) is 9.86. The summed E-state index contributed by atoms with van der Waals surface area (Å²) in [5.74, 6) is -0.540. The van der Waals surface area contributed by atoms with Crippen molar-refractivity contribution >= 4 is 33.0 Å². The van der Waals surface area contributed by atoms with E-state index in [2.05, 4.69) is 0 Å². The van der Waals surface area contributed by atoms with Crippen LogP contribution >= 0.6 is 11.6 Å². The van der Waals surface area contributed by atoms with Gasteiger partial charge in [-0.3, -0.25) is 9.69 Å². The predicted octanol–water partition coefficient (Wildman–Crippen LogP) is 2.54. The molecule has 0 saturated carbocycles. The molecule has 2 aliphatic rings. The Kier molecular flexibility index (Phi) is 5.16. The highest BCUT2D eigenvalue weighted by Gasteiger charge is 2.49. The standard InChI is InChI=1S/C20H20ClFN2O3S/c21-15-5-3-6-16(10-15)24-19-13-28(26,27)12-18(19)23(11-20(24)25)9-8-14-4-1-2-7-17(14)22/h1-7,10,18-19H,8-9,11-13H2/t18-,19-/m0/s1. The lowest BCUT2D eigenvalue weighted by Crippen LogP contribution is -2.62. The lowest BCUT2D eigenvalue weighted by atomic mass is 10.0. The number of fused-ring (bicyclic) bond motifs is 1. The number of sulfone groups is 1. The third kappa shape index (κ3) is 3.79. The molecule has 148 valence electrons. The quantitative estimate of drug-likeness (QED) is 0.759. The summed E-state index contributed by atoms with van der Waals surface area (Å²) in [7, 11) is -3.27. The molecule has 2 aromatic rings. The number of piperazine rings is 1. The van der Waals surface area contributed by atoms with Crippen LogP contribution < -0.4 is 4.90 Å². The van der Waals surface area contributed by atoms with Crippen LogP contribution in [-0.4, -0.2) is 55.9 Å². The highest BCUT2D eigenvalue weighted by molar-refractivity contribution is 7.91. The molecular weight excluding hydrogens is 403 g/mol. The van der Waals surface area contributed by atoms with Gasteiger partial charge in [0, 0.05) is 23.3 Å². The van der Waals surface area contributed by atoms with Crippen molar-refractivity contribution < 1.29 is 17.6 Å². The van der Waals surface area contributed by atoms with E-state index in [0.717, 1.165) is 0 Å². The fraction of sp³-hybridized carbons (Fsp3) is 0.350. The van der Waals surface area contributed by atoms with Crippen LogP contribution in [0, 0.1) is 5.82 Å². The van der Waals surface area contributed by atoms with Crippen molar-refractivity contribution in [2.24, 2.45) is 0 Å². The first-order chi connectivity index (χ1) is 13.3. The van der Waals surface area contributed by atoms with E-state index in [1.807, 2.05) is 4.90 Å². The molecule has 0 unspecified atom stereocenters. The number of rotatable bonds is 4. The summed E-state index contributed by atoms with van der Waals surface area (Å²) in [6.45, 7) is 0.518. The van der Waals surface area contributed by atoms with Gasteiger partial charge in [0.2, 0.25) is 5.91 Å². The average Bonchev–Trinajstić information content (AvgIpc) is 2.95. The summed E-state index contributed by atoms with van der Waals surface area (Å²) in [4.78, 5) is 16.4. The lowest BCUT2D eigenvalue weighted by Gasteiger charge is -2.43. The Balaban J connectivity index is 1.60. The summed E-state index contributed by atoms with van der Waals surface area (Å²) < 4.78 is 38.7. The van der Waals surface area contributed by atoms with Crippen molar-refractivity contribution in [3.63, 3.8) is 0 Å². The number of anilines is 1. The molecule has 8 heteroatoms. The van der Waals surface area contributed by atoms with Crippen molar-refractivity contribution in [3.8, 4) is 0 Å². The molecule has 2 saturated heterocycles. The van der Waals surface area contributed by atoms with Gasteiger partial charge in [0.15, 0.2) is 9.84 Å². The molecule has 2 heterocycles. The molecular formula is C20H20ClFN2O3S. The van der Waals surface area contributed by atoms with Crippen molar-refractivity contribution in [1.82, 2.24) is 4.90 Å². The summed E-state index contributed by atoms with van der Waals surface area (Å²) >= 11 is 6.07. The second-order valence-electron chi connectivity index (χ2n) is 7.27. The Bertz CT molecular complexity index is 1010. The van der Waals surface area contributed by atoms with Gasteiger partial charge in [-0.05, 0) is 36.2 Å². The molecule has 2 aliphatic heterocycles. The van der Waals surface area contributed by atoms with Crippen LogP contribution in [0.3, 0.4) is 0 Å². The smallest absolute Gasteiger partial charge is 0.241 e. The van der Waals surface area contributed by atoms with Crippen LogP contribution in [0.2, 0.25) is 5.02 Å². The minimum atomic E-state index is -3.27. The molecule has 5 nitrogen and oxygen atoms in total. The maximum absolute atomic E-state index is 13.9. The topological polar surface area (TPSA) is 57.7 Å². The van der Waals surface area contributed by atoms with Gasteiger partial charge in [-0.2, -0.15) is 0 Å². The molecule has 0 aromatic heterocycles. The zero-order chi connectivity index (χ0) is 19.9. The Labute approximate surface area is 168 Å². The molecule has 4 rings (SSSR count). The molecule has 0 spiro atoms. The normalized spacial score (nSPS) is 24.4. The molecule has 0 radical (unpaired) electrons. The number of halogens is 2. The molecule has 0 aliphatic carbocycles. The van der Waals surface area contributed by atoms with Crippen LogP contribution in [0.1, 0.15) is 5.56 Å². The Hall–Kier alpha value is -1.96. The van der Waals surface area contributed by atoms with E-state index >= 15 is 0 Å². The highest BCUT2D eigenvalue weighted by Crippen LogP contribution is 2.32. The zero-order valence-corrected chi connectivity index (χ0v) is 16.7. The molecule has 2 atom stereocenters. The van der Waals surface area contributed by atoms with E-state index in [-0.39, 0.29) is 35.8 Å². The first-order valence-electron chi connectivity index (χ1n) is 9.09. The summed E-state index contributed by atoms with van der Waals surface area (Å²) in [6.07, 6.45) is 0.417. The molecule has 0 bridgehead atoms. The largest absolute Gasteiger partial charge is 0.306 e. The van der Waals surface area contributed by atoms with Crippen molar-refractivity contribution in [2.45, 2.75) is 18.5 Å². The van der Waals surface area contributed by atoms with Crippen LogP contribution in [0.15, 0.2) is 48.5 Å². The Morgan fingerprint density at radius 2 is 1.82 bits per heavy atom. The van der Waals surface area contributed by atoms with Gasteiger partial charge in [0.25, 0.3) is 0 Å². The minimum Gasteiger partial charge on any atom is -0.306 e. The zero-order valence-electron chi connectivity index (χ0n) is 15.1. The Morgan fingerprint density at radius 3 is 2.57 bits per heavy atom. The second kappa shape index (κ2) is 7.46. The SMILES string of the molecule is O=C1CN(CCc2ccccc2F)[C@H]2CS(=O)(=O)C[C@@H]2N1c1cccc(Cl)c1. The number of amides is 1. The van der Waals surface area contributed by atoms with E-state index in [1.165, 1.54) is 6.07 Å². The third-order valence-corrected chi connectivity index (χ3v) is 7.35. The monoisotopic (exact) mass is 422 g/mol. The minimum absolute atomic E-state index is 0.000710. The van der Waals surface area contributed by atoms with Crippen molar-refractivity contribution in [2.75, 3.05) is 29.5 Å². The van der Waals surface area contributed by atoms with Gasteiger partial charge in [0.05, 0.1) is 24.1 Å². The van der Waals surface area contributed by atoms with Crippen LogP contribution in [0.25, 0.3) is 0 Å². The van der Waals surface area contributed by atoms with Gasteiger partial charge in [-0.25, -0.2) is 12.8 Å². The molecule has 2 aromatic carbocycles. The van der Waals surface area contributed by atoms with E-state index in [0.29, 0.717) is 29.2 Å². The van der Waals surface area contributed by atoms with E-state index in [9.17, 15) is 17.6 Å². The first kappa shape index (κ1) is 19.4. The third-order valence-electron chi connectivity index (χ3n) is 5.41. The molecule has 1 amide bonds. The molecule has 0 N–H and O–H groups in total. The van der Waals surface area contributed by atoms with Crippen molar-refractivity contribution in [1.29, 1.82) is 0 Å².